The second kappa shape index (κ2) is 6.29. The van der Waals surface area contributed by atoms with Crippen LogP contribution in [0.15, 0.2) is 6.07 Å². The predicted octanol–water partition coefficient (Wildman–Crippen LogP) is 4.21. The van der Waals surface area contributed by atoms with Crippen LogP contribution in [0.4, 0.5) is 0 Å². The first kappa shape index (κ1) is 12.7. The fourth-order valence-electron chi connectivity index (χ4n) is 1.94. The maximum atomic E-state index is 3.65. The Morgan fingerprint density at radius 2 is 2.00 bits per heavy atom. The molecule has 0 bridgehead atoms. The smallest absolute Gasteiger partial charge is 0.0417 e. The van der Waals surface area contributed by atoms with Crippen molar-refractivity contribution in [2.75, 3.05) is 6.54 Å². The molecular formula is C13H23NS. The highest BCUT2D eigenvalue weighted by Gasteiger charge is 2.14. The zero-order valence-electron chi connectivity index (χ0n) is 10.4. The van der Waals surface area contributed by atoms with E-state index in [1.165, 1.54) is 29.7 Å². The van der Waals surface area contributed by atoms with Gasteiger partial charge >= 0.3 is 0 Å². The third-order valence-electron chi connectivity index (χ3n) is 2.61. The SMILES string of the molecule is CCCNC(CCC)c1sc(C)cc1C. The summed E-state index contributed by atoms with van der Waals surface area (Å²) in [6.45, 7) is 10.0. The van der Waals surface area contributed by atoms with E-state index in [0.717, 1.165) is 6.54 Å². The molecule has 0 aliphatic heterocycles. The molecule has 15 heavy (non-hydrogen) atoms. The van der Waals surface area contributed by atoms with Crippen LogP contribution in [0.2, 0.25) is 0 Å². The number of aryl methyl sites for hydroxylation is 2. The van der Waals surface area contributed by atoms with Crippen LogP contribution in [0.25, 0.3) is 0 Å². The summed E-state index contributed by atoms with van der Waals surface area (Å²) < 4.78 is 0. The van der Waals surface area contributed by atoms with Crippen molar-refractivity contribution in [3.8, 4) is 0 Å². The molecule has 1 N–H and O–H groups in total. The molecule has 1 nitrogen and oxygen atoms in total. The van der Waals surface area contributed by atoms with Crippen LogP contribution in [0.1, 0.15) is 54.5 Å². The molecule has 1 unspecified atom stereocenters. The molecule has 1 rings (SSSR count). The van der Waals surface area contributed by atoms with Gasteiger partial charge in [0, 0.05) is 15.8 Å². The zero-order valence-corrected chi connectivity index (χ0v) is 11.2. The molecule has 0 aromatic carbocycles. The standard InChI is InChI=1S/C13H23NS/c1-5-7-12(14-8-6-2)13-10(3)9-11(4)15-13/h9,12,14H,5-8H2,1-4H3. The van der Waals surface area contributed by atoms with E-state index in [2.05, 4.69) is 39.1 Å². The first-order valence-electron chi connectivity index (χ1n) is 5.99. The topological polar surface area (TPSA) is 12.0 Å². The summed E-state index contributed by atoms with van der Waals surface area (Å²) in [6.07, 6.45) is 3.71. The fraction of sp³-hybridized carbons (Fsp3) is 0.692. The Balaban J connectivity index is 2.73. The van der Waals surface area contributed by atoms with Gasteiger partial charge in [0.15, 0.2) is 0 Å². The molecule has 2 heteroatoms. The summed E-state index contributed by atoms with van der Waals surface area (Å²) in [5, 5.41) is 3.65. The monoisotopic (exact) mass is 225 g/mol. The molecule has 0 radical (unpaired) electrons. The second-order valence-electron chi connectivity index (χ2n) is 4.20. The van der Waals surface area contributed by atoms with Gasteiger partial charge in [-0.2, -0.15) is 0 Å². The molecule has 0 spiro atoms. The average Bonchev–Trinajstić information content (AvgIpc) is 2.52. The molecule has 86 valence electrons. The van der Waals surface area contributed by atoms with E-state index in [1.54, 1.807) is 4.88 Å². The largest absolute Gasteiger partial charge is 0.309 e. The Labute approximate surface area is 97.9 Å². The molecule has 0 saturated heterocycles. The lowest BCUT2D eigenvalue weighted by atomic mass is 10.1. The Morgan fingerprint density at radius 3 is 2.47 bits per heavy atom. The van der Waals surface area contributed by atoms with E-state index in [9.17, 15) is 0 Å². The van der Waals surface area contributed by atoms with Gasteiger partial charge < -0.3 is 5.32 Å². The van der Waals surface area contributed by atoms with Gasteiger partial charge in [-0.25, -0.2) is 0 Å². The second-order valence-corrected chi connectivity index (χ2v) is 5.49. The number of thiophene rings is 1. The van der Waals surface area contributed by atoms with Gasteiger partial charge in [0.1, 0.15) is 0 Å². The molecule has 1 aromatic rings. The number of hydrogen-bond acceptors (Lipinski definition) is 2. The van der Waals surface area contributed by atoms with Crippen molar-refractivity contribution in [1.29, 1.82) is 0 Å². The predicted molar refractivity (Wildman–Crippen MR) is 69.7 cm³/mol. The van der Waals surface area contributed by atoms with E-state index in [-0.39, 0.29) is 0 Å². The molecule has 0 aliphatic carbocycles. The van der Waals surface area contributed by atoms with Crippen LogP contribution in [-0.2, 0) is 0 Å². The van der Waals surface area contributed by atoms with Crippen LogP contribution in [0.5, 0.6) is 0 Å². The van der Waals surface area contributed by atoms with Crippen molar-refractivity contribution in [1.82, 2.24) is 5.32 Å². The summed E-state index contributed by atoms with van der Waals surface area (Å²) in [5.41, 5.74) is 1.46. The van der Waals surface area contributed by atoms with Crippen molar-refractivity contribution in [2.24, 2.45) is 0 Å². The van der Waals surface area contributed by atoms with E-state index in [4.69, 9.17) is 0 Å². The average molecular weight is 225 g/mol. The highest BCUT2D eigenvalue weighted by atomic mass is 32.1. The molecule has 0 amide bonds. The third-order valence-corrected chi connectivity index (χ3v) is 3.88. The van der Waals surface area contributed by atoms with Crippen molar-refractivity contribution >= 4 is 11.3 Å². The lowest BCUT2D eigenvalue weighted by molar-refractivity contribution is 0.499. The normalized spacial score (nSPS) is 13.1. The van der Waals surface area contributed by atoms with Crippen LogP contribution < -0.4 is 5.32 Å². The lowest BCUT2D eigenvalue weighted by Crippen LogP contribution is -2.21. The van der Waals surface area contributed by atoms with Crippen molar-refractivity contribution in [3.05, 3.63) is 21.4 Å². The van der Waals surface area contributed by atoms with E-state index in [1.807, 2.05) is 11.3 Å². The molecule has 0 fully saturated rings. The minimum Gasteiger partial charge on any atom is -0.309 e. The molecule has 0 aliphatic rings. The van der Waals surface area contributed by atoms with Crippen LogP contribution in [-0.4, -0.2) is 6.54 Å². The summed E-state index contributed by atoms with van der Waals surface area (Å²) in [4.78, 5) is 2.98. The van der Waals surface area contributed by atoms with E-state index >= 15 is 0 Å². The van der Waals surface area contributed by atoms with Crippen LogP contribution in [0.3, 0.4) is 0 Å². The highest BCUT2D eigenvalue weighted by Crippen LogP contribution is 2.30. The van der Waals surface area contributed by atoms with Crippen LogP contribution in [0, 0.1) is 13.8 Å². The quantitative estimate of drug-likeness (QED) is 0.765. The zero-order chi connectivity index (χ0) is 11.3. The first-order valence-corrected chi connectivity index (χ1v) is 6.81. The number of nitrogens with one attached hydrogen (secondary N) is 1. The number of hydrogen-bond donors (Lipinski definition) is 1. The molecule has 0 saturated carbocycles. The summed E-state index contributed by atoms with van der Waals surface area (Å²) in [5.74, 6) is 0. The molecule has 1 heterocycles. The van der Waals surface area contributed by atoms with Gasteiger partial charge in [0.05, 0.1) is 0 Å². The fourth-order valence-corrected chi connectivity index (χ4v) is 3.08. The molecular weight excluding hydrogens is 202 g/mol. The van der Waals surface area contributed by atoms with E-state index < -0.39 is 0 Å². The Bertz CT molecular complexity index is 291. The lowest BCUT2D eigenvalue weighted by Gasteiger charge is -2.17. The van der Waals surface area contributed by atoms with Gasteiger partial charge in [0.25, 0.3) is 0 Å². The Kier molecular flexibility index (Phi) is 5.34. The first-order chi connectivity index (χ1) is 7.19. The summed E-state index contributed by atoms with van der Waals surface area (Å²) in [6, 6.07) is 2.88. The maximum absolute atomic E-state index is 3.65. The van der Waals surface area contributed by atoms with Crippen molar-refractivity contribution in [2.45, 2.75) is 53.0 Å². The highest BCUT2D eigenvalue weighted by molar-refractivity contribution is 7.12. The minimum atomic E-state index is 0.577. The van der Waals surface area contributed by atoms with Crippen molar-refractivity contribution < 1.29 is 0 Å². The van der Waals surface area contributed by atoms with Crippen molar-refractivity contribution in [3.63, 3.8) is 0 Å². The van der Waals surface area contributed by atoms with Gasteiger partial charge in [-0.15, -0.1) is 11.3 Å². The van der Waals surface area contributed by atoms with Gasteiger partial charge in [-0.3, -0.25) is 0 Å². The van der Waals surface area contributed by atoms with Gasteiger partial charge in [-0.05, 0) is 44.9 Å². The third kappa shape index (κ3) is 3.62. The van der Waals surface area contributed by atoms with Gasteiger partial charge in [0.2, 0.25) is 0 Å². The maximum Gasteiger partial charge on any atom is 0.0417 e. The Morgan fingerprint density at radius 1 is 1.27 bits per heavy atom. The summed E-state index contributed by atoms with van der Waals surface area (Å²) >= 11 is 1.95. The van der Waals surface area contributed by atoms with E-state index in [0.29, 0.717) is 6.04 Å². The number of rotatable bonds is 6. The summed E-state index contributed by atoms with van der Waals surface area (Å²) in [7, 11) is 0. The molecule has 1 atom stereocenters. The molecule has 1 aromatic heterocycles. The van der Waals surface area contributed by atoms with Gasteiger partial charge in [-0.1, -0.05) is 20.3 Å². The Hall–Kier alpha value is -0.340. The minimum absolute atomic E-state index is 0.577. The van der Waals surface area contributed by atoms with Crippen LogP contribution >= 0.6 is 11.3 Å².